The van der Waals surface area contributed by atoms with Crippen molar-refractivity contribution in [3.05, 3.63) is 229 Å². The number of fused-ring (bicyclic) bond motifs is 2. The van der Waals surface area contributed by atoms with Gasteiger partial charge in [0.15, 0.2) is 0 Å². The number of allylic oxidation sites excluding steroid dienone is 1. The van der Waals surface area contributed by atoms with Gasteiger partial charge in [-0.25, -0.2) is 15.0 Å². The van der Waals surface area contributed by atoms with E-state index in [-0.39, 0.29) is 6.17 Å². The van der Waals surface area contributed by atoms with E-state index < -0.39 is 6.17 Å². The van der Waals surface area contributed by atoms with Gasteiger partial charge in [-0.3, -0.25) is 5.32 Å². The van der Waals surface area contributed by atoms with E-state index in [1.165, 1.54) is 21.9 Å². The van der Waals surface area contributed by atoms with Crippen LogP contribution in [0.5, 0.6) is 0 Å². The Balaban J connectivity index is 0.954. The Morgan fingerprint density at radius 3 is 1.56 bits per heavy atom. The molecule has 0 amide bonds. The molecular formula is C53H41N6+. The molecule has 0 fully saturated rings. The van der Waals surface area contributed by atoms with Crippen molar-refractivity contribution in [1.29, 1.82) is 0 Å². The van der Waals surface area contributed by atoms with E-state index >= 15 is 0 Å². The third-order valence-electron chi connectivity index (χ3n) is 11.0. The second kappa shape index (κ2) is 15.8. The van der Waals surface area contributed by atoms with Crippen LogP contribution in [0.4, 0.5) is 5.95 Å². The molecule has 9 aromatic rings. The molecule has 8 aromatic carbocycles. The van der Waals surface area contributed by atoms with Crippen LogP contribution in [0.3, 0.4) is 0 Å². The zero-order valence-corrected chi connectivity index (χ0v) is 32.3. The van der Waals surface area contributed by atoms with E-state index in [0.717, 1.165) is 66.9 Å². The van der Waals surface area contributed by atoms with Crippen molar-refractivity contribution in [2.75, 3.05) is 5.32 Å². The highest BCUT2D eigenvalue weighted by atomic mass is 15.2. The van der Waals surface area contributed by atoms with Gasteiger partial charge in [-0.2, -0.15) is 0 Å². The lowest BCUT2D eigenvalue weighted by atomic mass is 9.99. The van der Waals surface area contributed by atoms with Crippen LogP contribution in [0, 0.1) is 0 Å². The minimum atomic E-state index is -0.562. The molecule has 1 aliphatic heterocycles. The first-order valence-electron chi connectivity index (χ1n) is 19.9. The monoisotopic (exact) mass is 761 g/mol. The number of aromatic nitrogens is 2. The molecule has 0 saturated heterocycles. The zero-order valence-electron chi connectivity index (χ0n) is 32.3. The van der Waals surface area contributed by atoms with E-state index in [9.17, 15) is 0 Å². The average Bonchev–Trinajstić information content (AvgIpc) is 3.31. The van der Waals surface area contributed by atoms with Gasteiger partial charge >= 0.3 is 0 Å². The Labute approximate surface area is 343 Å². The molecule has 282 valence electrons. The maximum Gasteiger partial charge on any atom is 0.225 e. The minimum absolute atomic E-state index is 0.118. The summed E-state index contributed by atoms with van der Waals surface area (Å²) in [7, 11) is 0. The number of anilines is 1. The van der Waals surface area contributed by atoms with Crippen molar-refractivity contribution in [2.45, 2.75) is 12.3 Å². The van der Waals surface area contributed by atoms with Crippen molar-refractivity contribution in [3.63, 3.8) is 0 Å². The molecule has 10 rings (SSSR count). The highest BCUT2D eigenvalue weighted by Gasteiger charge is 2.24. The van der Waals surface area contributed by atoms with Gasteiger partial charge in [-0.15, -0.1) is 0 Å². The van der Waals surface area contributed by atoms with Crippen LogP contribution >= 0.6 is 0 Å². The van der Waals surface area contributed by atoms with Gasteiger partial charge in [0.2, 0.25) is 12.1 Å². The van der Waals surface area contributed by atoms with Crippen LogP contribution in [0.15, 0.2) is 211 Å². The lowest BCUT2D eigenvalue weighted by Gasteiger charge is -2.21. The molecule has 0 radical (unpaired) electrons. The average molecular weight is 762 g/mol. The quantitative estimate of drug-likeness (QED) is 0.128. The fourth-order valence-corrected chi connectivity index (χ4v) is 7.82. The minimum Gasteiger partial charge on any atom is -0.335 e. The van der Waals surface area contributed by atoms with Crippen LogP contribution in [0.1, 0.15) is 34.6 Å². The highest BCUT2D eigenvalue weighted by Crippen LogP contribution is 2.31. The second-order valence-corrected chi connectivity index (χ2v) is 14.9. The first-order valence-corrected chi connectivity index (χ1v) is 19.9. The SMILES string of the molecule is NC(Nc1nc(-c2ccc3ccccc3c2)cc(-c2ccc3ccccc3c2)n1)c1ccc(C2=NC(c3ccccc3)[NH2+]C(c3ccc(-c4ccccc4)cc3)=C2)cc1. The van der Waals surface area contributed by atoms with Gasteiger partial charge < -0.3 is 11.1 Å². The Morgan fingerprint density at radius 1 is 0.458 bits per heavy atom. The number of hydrogen-bond donors (Lipinski definition) is 3. The predicted octanol–water partition coefficient (Wildman–Crippen LogP) is 11.0. The molecule has 2 heterocycles. The number of nitrogens with two attached hydrogens (primary N) is 2. The van der Waals surface area contributed by atoms with Crippen LogP contribution in [0.25, 0.3) is 60.9 Å². The molecule has 6 nitrogen and oxygen atoms in total. The summed E-state index contributed by atoms with van der Waals surface area (Å²) in [6.07, 6.45) is 1.51. The van der Waals surface area contributed by atoms with Crippen LogP contribution in [-0.2, 0) is 0 Å². The van der Waals surface area contributed by atoms with Crippen molar-refractivity contribution in [3.8, 4) is 33.6 Å². The molecule has 2 unspecified atom stereocenters. The van der Waals surface area contributed by atoms with Crippen LogP contribution in [0.2, 0.25) is 0 Å². The van der Waals surface area contributed by atoms with E-state index in [1.807, 2.05) is 12.1 Å². The van der Waals surface area contributed by atoms with Gasteiger partial charge in [0.1, 0.15) is 11.9 Å². The third kappa shape index (κ3) is 7.66. The lowest BCUT2D eigenvalue weighted by Crippen LogP contribution is -2.82. The summed E-state index contributed by atoms with van der Waals surface area (Å²) in [5.74, 6) is 0.458. The van der Waals surface area contributed by atoms with Crippen LogP contribution < -0.4 is 16.4 Å². The highest BCUT2D eigenvalue weighted by molar-refractivity contribution is 6.12. The van der Waals surface area contributed by atoms with Gasteiger partial charge in [0.05, 0.1) is 17.1 Å². The van der Waals surface area contributed by atoms with E-state index in [4.69, 9.17) is 20.7 Å². The number of nitrogens with one attached hydrogen (secondary N) is 1. The zero-order chi connectivity index (χ0) is 39.5. The van der Waals surface area contributed by atoms with Crippen molar-refractivity contribution >= 4 is 38.9 Å². The van der Waals surface area contributed by atoms with Gasteiger partial charge in [-0.05, 0) is 68.6 Å². The number of hydrogen-bond acceptors (Lipinski definition) is 5. The van der Waals surface area contributed by atoms with E-state index in [2.05, 4.69) is 205 Å². The molecule has 59 heavy (non-hydrogen) atoms. The molecule has 6 heteroatoms. The smallest absolute Gasteiger partial charge is 0.225 e. The second-order valence-electron chi connectivity index (χ2n) is 14.9. The van der Waals surface area contributed by atoms with Gasteiger partial charge in [0.25, 0.3) is 0 Å². The Bertz CT molecular complexity index is 2900. The lowest BCUT2D eigenvalue weighted by molar-refractivity contribution is -0.609. The van der Waals surface area contributed by atoms with Crippen molar-refractivity contribution in [2.24, 2.45) is 10.7 Å². The van der Waals surface area contributed by atoms with Crippen LogP contribution in [-0.4, -0.2) is 15.7 Å². The fourth-order valence-electron chi connectivity index (χ4n) is 7.82. The number of quaternary nitrogens is 1. The molecule has 0 bridgehead atoms. The van der Waals surface area contributed by atoms with E-state index in [0.29, 0.717) is 5.95 Å². The Hall–Kier alpha value is -7.51. The summed E-state index contributed by atoms with van der Waals surface area (Å²) < 4.78 is 0. The summed E-state index contributed by atoms with van der Waals surface area (Å²) >= 11 is 0. The molecule has 1 aliphatic rings. The predicted molar refractivity (Wildman–Crippen MR) is 242 cm³/mol. The molecule has 2 atom stereocenters. The van der Waals surface area contributed by atoms with Gasteiger partial charge in [0, 0.05) is 33.9 Å². The number of benzene rings is 8. The maximum absolute atomic E-state index is 6.89. The molecular weight excluding hydrogens is 721 g/mol. The largest absolute Gasteiger partial charge is 0.335 e. The normalized spacial score (nSPS) is 14.4. The molecule has 5 N–H and O–H groups in total. The molecule has 1 aromatic heterocycles. The van der Waals surface area contributed by atoms with E-state index in [1.54, 1.807) is 0 Å². The fraction of sp³-hybridized carbons (Fsp3) is 0.0377. The maximum atomic E-state index is 6.89. The Morgan fingerprint density at radius 2 is 0.949 bits per heavy atom. The number of rotatable bonds is 9. The first kappa shape index (κ1) is 35.9. The number of aliphatic imine (C=N–C) groups is 1. The summed E-state index contributed by atoms with van der Waals surface area (Å²) in [6, 6.07) is 69.7. The number of nitrogens with zero attached hydrogens (tertiary/aromatic N) is 3. The van der Waals surface area contributed by atoms with Gasteiger partial charge in [-0.1, -0.05) is 170 Å². The third-order valence-corrected chi connectivity index (χ3v) is 11.0. The van der Waals surface area contributed by atoms with Crippen molar-refractivity contribution < 1.29 is 5.32 Å². The standard InChI is InChI=1S/C53H40N6/c54-51(59-53-57-49(45-29-21-36-13-7-9-17-43(36)31-45)34-50(58-53)46-30-22-37-14-8-10-18-44(37)32-46)41-27-25-40(26-28-41)48-33-47(55-52(56-48)42-15-5-2-6-16-42)39-23-19-38(20-24-39)35-11-3-1-4-12-35/h1-34,51-52,55H,54H2,(H,57,58,59)/p+1. The summed E-state index contributed by atoms with van der Waals surface area (Å²) in [6.45, 7) is 0. The molecule has 0 saturated carbocycles. The Kier molecular flexibility index (Phi) is 9.60. The topological polar surface area (TPSA) is 92.8 Å². The summed E-state index contributed by atoms with van der Waals surface area (Å²) in [5.41, 5.74) is 19.2. The van der Waals surface area contributed by atoms with Crippen molar-refractivity contribution in [1.82, 2.24) is 9.97 Å². The first-order chi connectivity index (χ1) is 29.1. The summed E-state index contributed by atoms with van der Waals surface area (Å²) in [4.78, 5) is 15.3. The summed E-state index contributed by atoms with van der Waals surface area (Å²) in [5, 5.41) is 10.4. The molecule has 0 aliphatic carbocycles. The molecule has 0 spiro atoms.